The van der Waals surface area contributed by atoms with E-state index in [0.29, 0.717) is 17.4 Å². The molecule has 6 nitrogen and oxygen atoms in total. The quantitative estimate of drug-likeness (QED) is 0.886. The smallest absolute Gasteiger partial charge is 0.240 e. The number of rotatable bonds is 5. The number of nitrogens with zero attached hydrogens (tertiary/aromatic N) is 3. The van der Waals surface area contributed by atoms with Crippen molar-refractivity contribution in [1.29, 1.82) is 0 Å². The number of nitrogens with one attached hydrogen (secondary N) is 1. The van der Waals surface area contributed by atoms with Crippen LogP contribution in [0.4, 0.5) is 5.82 Å². The van der Waals surface area contributed by atoms with Crippen molar-refractivity contribution in [2.75, 3.05) is 18.0 Å². The molecule has 1 saturated heterocycles. The number of anilines is 1. The molecule has 0 aliphatic carbocycles. The maximum absolute atomic E-state index is 12.6. The molecule has 0 radical (unpaired) electrons. The number of aryl methyl sites for hydroxylation is 1. The summed E-state index contributed by atoms with van der Waals surface area (Å²) in [5.74, 6) is 1.16. The van der Waals surface area contributed by atoms with Gasteiger partial charge in [0, 0.05) is 19.1 Å². The third-order valence-corrected chi connectivity index (χ3v) is 6.01. The average Bonchev–Trinajstić information content (AvgIpc) is 3.03. The lowest BCUT2D eigenvalue weighted by Crippen LogP contribution is -2.37. The number of benzene rings is 1. The van der Waals surface area contributed by atoms with Gasteiger partial charge in [0.1, 0.15) is 0 Å². The van der Waals surface area contributed by atoms with Gasteiger partial charge in [-0.1, -0.05) is 26.0 Å². The summed E-state index contributed by atoms with van der Waals surface area (Å²) in [4.78, 5) is 2.37. The van der Waals surface area contributed by atoms with Gasteiger partial charge in [0.15, 0.2) is 5.82 Å². The van der Waals surface area contributed by atoms with Gasteiger partial charge in [-0.2, -0.15) is 5.10 Å². The first-order valence-corrected chi connectivity index (χ1v) is 10.0. The van der Waals surface area contributed by atoms with Crippen LogP contribution in [0.25, 0.3) is 0 Å². The lowest BCUT2D eigenvalue weighted by molar-refractivity contribution is 0.561. The first kappa shape index (κ1) is 17.8. The molecule has 0 unspecified atom stereocenters. The van der Waals surface area contributed by atoms with Crippen LogP contribution in [0.5, 0.6) is 0 Å². The molecule has 7 heteroatoms. The maximum atomic E-state index is 12.6. The Morgan fingerprint density at radius 1 is 1.12 bits per heavy atom. The van der Waals surface area contributed by atoms with Crippen LogP contribution < -0.4 is 9.62 Å². The second-order valence-electron chi connectivity index (χ2n) is 6.81. The van der Waals surface area contributed by atoms with E-state index in [1.165, 1.54) is 0 Å². The van der Waals surface area contributed by atoms with Crippen LogP contribution in [-0.2, 0) is 10.0 Å². The maximum Gasteiger partial charge on any atom is 0.240 e. The molecule has 1 aliphatic heterocycles. The number of sulfonamides is 1. The summed E-state index contributed by atoms with van der Waals surface area (Å²) < 4.78 is 28.0. The first-order valence-electron chi connectivity index (χ1n) is 8.53. The molecule has 2 heterocycles. The Kier molecular flexibility index (Phi) is 5.06. The third kappa shape index (κ3) is 4.16. The zero-order chi connectivity index (χ0) is 18.0. The van der Waals surface area contributed by atoms with Crippen LogP contribution in [0.2, 0.25) is 0 Å². The van der Waals surface area contributed by atoms with Gasteiger partial charge < -0.3 is 4.90 Å². The molecule has 1 aromatic heterocycles. The first-order chi connectivity index (χ1) is 11.8. The molecule has 1 aromatic carbocycles. The summed E-state index contributed by atoms with van der Waals surface area (Å²) in [5.41, 5.74) is 1.99. The lowest BCUT2D eigenvalue weighted by Gasteiger charge is -2.17. The van der Waals surface area contributed by atoms with E-state index < -0.39 is 10.0 Å². The minimum absolute atomic E-state index is 0.127. The molecule has 0 spiro atoms. The highest BCUT2D eigenvalue weighted by atomic mass is 32.2. The summed E-state index contributed by atoms with van der Waals surface area (Å²) in [6, 6.07) is 10.8. The second-order valence-corrected chi connectivity index (χ2v) is 8.52. The van der Waals surface area contributed by atoms with Gasteiger partial charge in [-0.3, -0.25) is 0 Å². The second kappa shape index (κ2) is 7.09. The number of aromatic nitrogens is 2. The van der Waals surface area contributed by atoms with Crippen molar-refractivity contribution in [1.82, 2.24) is 14.9 Å². The van der Waals surface area contributed by atoms with Crippen LogP contribution >= 0.6 is 0 Å². The van der Waals surface area contributed by atoms with E-state index >= 15 is 0 Å². The Balaban J connectivity index is 1.66. The Morgan fingerprint density at radius 3 is 2.44 bits per heavy atom. The van der Waals surface area contributed by atoms with Gasteiger partial charge in [-0.15, -0.1) is 5.10 Å². The van der Waals surface area contributed by atoms with Crippen molar-refractivity contribution < 1.29 is 8.42 Å². The van der Waals surface area contributed by atoms with E-state index in [1.54, 1.807) is 12.1 Å². The van der Waals surface area contributed by atoms with Gasteiger partial charge in [0.2, 0.25) is 10.0 Å². The highest BCUT2D eigenvalue weighted by Gasteiger charge is 2.28. The summed E-state index contributed by atoms with van der Waals surface area (Å²) in [5, 5.41) is 8.24. The van der Waals surface area contributed by atoms with E-state index in [1.807, 2.05) is 31.2 Å². The van der Waals surface area contributed by atoms with E-state index in [2.05, 4.69) is 33.7 Å². The van der Waals surface area contributed by atoms with Gasteiger partial charge in [-0.25, -0.2) is 13.1 Å². The summed E-state index contributed by atoms with van der Waals surface area (Å²) in [6.45, 7) is 7.42. The molecular formula is C18H24N4O2S. The average molecular weight is 360 g/mol. The molecule has 1 aliphatic rings. The largest absolute Gasteiger partial charge is 0.353 e. The van der Waals surface area contributed by atoms with E-state index in [0.717, 1.165) is 30.0 Å². The zero-order valence-electron chi connectivity index (χ0n) is 14.8. The van der Waals surface area contributed by atoms with Crippen LogP contribution in [0.1, 0.15) is 37.4 Å². The van der Waals surface area contributed by atoms with Crippen molar-refractivity contribution >= 4 is 15.8 Å². The molecule has 134 valence electrons. The molecule has 1 fully saturated rings. The number of hydrogen-bond donors (Lipinski definition) is 1. The highest BCUT2D eigenvalue weighted by molar-refractivity contribution is 7.89. The minimum atomic E-state index is -3.51. The summed E-state index contributed by atoms with van der Waals surface area (Å²) in [7, 11) is -3.51. The van der Waals surface area contributed by atoms with Gasteiger partial charge in [0.05, 0.1) is 10.6 Å². The van der Waals surface area contributed by atoms with Crippen LogP contribution in [-0.4, -0.2) is 37.7 Å². The van der Waals surface area contributed by atoms with E-state index in [4.69, 9.17) is 0 Å². The topological polar surface area (TPSA) is 75.2 Å². The van der Waals surface area contributed by atoms with Gasteiger partial charge in [-0.05, 0) is 49.1 Å². The summed E-state index contributed by atoms with van der Waals surface area (Å²) >= 11 is 0. The van der Waals surface area contributed by atoms with E-state index in [-0.39, 0.29) is 6.04 Å². The lowest BCUT2D eigenvalue weighted by atomic mass is 10.0. The molecule has 1 N–H and O–H groups in total. The van der Waals surface area contributed by atoms with Crippen LogP contribution in [0.3, 0.4) is 0 Å². The molecule has 0 amide bonds. The molecule has 0 saturated carbocycles. The molecule has 25 heavy (non-hydrogen) atoms. The van der Waals surface area contributed by atoms with Crippen LogP contribution in [0, 0.1) is 6.92 Å². The predicted octanol–water partition coefficient (Wildman–Crippen LogP) is 2.47. The minimum Gasteiger partial charge on any atom is -0.353 e. The normalized spacial score (nSPS) is 18.1. The van der Waals surface area contributed by atoms with Gasteiger partial charge in [0.25, 0.3) is 0 Å². The predicted molar refractivity (Wildman–Crippen MR) is 98.2 cm³/mol. The Bertz CT molecular complexity index is 817. The molecular weight excluding hydrogens is 336 g/mol. The Labute approximate surface area is 149 Å². The van der Waals surface area contributed by atoms with Crippen molar-refractivity contribution in [2.24, 2.45) is 0 Å². The van der Waals surface area contributed by atoms with E-state index in [9.17, 15) is 8.42 Å². The standard InChI is InChI=1S/C18H24N4O2S/c1-13(2)15-5-7-17(8-6-15)25(23,24)21-16-10-11-22(12-16)18-9-4-14(3)19-20-18/h4-9,13,16,21H,10-12H2,1-3H3/t16-/m1/s1. The molecule has 3 rings (SSSR count). The zero-order valence-corrected chi connectivity index (χ0v) is 15.6. The summed E-state index contributed by atoms with van der Waals surface area (Å²) in [6.07, 6.45) is 0.749. The fourth-order valence-corrected chi connectivity index (χ4v) is 4.21. The van der Waals surface area contributed by atoms with Gasteiger partial charge >= 0.3 is 0 Å². The fraction of sp³-hybridized carbons (Fsp3) is 0.444. The molecule has 0 bridgehead atoms. The van der Waals surface area contributed by atoms with Crippen LogP contribution in [0.15, 0.2) is 41.3 Å². The number of hydrogen-bond acceptors (Lipinski definition) is 5. The Morgan fingerprint density at radius 2 is 1.84 bits per heavy atom. The molecule has 1 atom stereocenters. The Hall–Kier alpha value is -1.99. The van der Waals surface area contributed by atoms with Crippen molar-refractivity contribution in [3.8, 4) is 0 Å². The highest BCUT2D eigenvalue weighted by Crippen LogP contribution is 2.21. The SMILES string of the molecule is Cc1ccc(N2CC[C@@H](NS(=O)(=O)c3ccc(C(C)C)cc3)C2)nn1. The monoisotopic (exact) mass is 360 g/mol. The fourth-order valence-electron chi connectivity index (χ4n) is 2.94. The third-order valence-electron chi connectivity index (χ3n) is 4.47. The van der Waals surface area contributed by atoms with Crippen molar-refractivity contribution in [2.45, 2.75) is 44.0 Å². The molecule has 2 aromatic rings. The van der Waals surface area contributed by atoms with Crippen molar-refractivity contribution in [3.63, 3.8) is 0 Å². The van der Waals surface area contributed by atoms with Crippen molar-refractivity contribution in [3.05, 3.63) is 47.7 Å².